The number of aliphatic carboxylic acids is 1. The van der Waals surface area contributed by atoms with Crippen molar-refractivity contribution in [3.05, 3.63) is 93.2 Å². The molecule has 2 aliphatic carbocycles. The first kappa shape index (κ1) is 22.5. The first-order chi connectivity index (χ1) is 16.8. The summed E-state index contributed by atoms with van der Waals surface area (Å²) in [4.78, 5) is 25.4. The van der Waals surface area contributed by atoms with Crippen molar-refractivity contribution >= 4 is 17.2 Å². The summed E-state index contributed by atoms with van der Waals surface area (Å²) in [7, 11) is 0. The summed E-state index contributed by atoms with van der Waals surface area (Å²) in [6, 6.07) is 9.32. The fraction of sp³-hybridized carbons (Fsp3) is 0.231. The fourth-order valence-electron chi connectivity index (χ4n) is 4.61. The number of aromatic amines is 1. The number of nitrogens with one attached hydrogen (secondary N) is 1. The maximum Gasteiger partial charge on any atom is 0.337 e. The molecule has 8 nitrogen and oxygen atoms in total. The zero-order chi connectivity index (χ0) is 24.7. The number of H-pyrrole nitrogens is 1. The second-order valence-electron chi connectivity index (χ2n) is 8.85. The van der Waals surface area contributed by atoms with E-state index in [4.69, 9.17) is 0 Å². The zero-order valence-electron chi connectivity index (χ0n) is 19.0. The van der Waals surface area contributed by atoms with Gasteiger partial charge in [0.25, 0.3) is 5.56 Å². The number of benzene rings is 2. The van der Waals surface area contributed by atoms with E-state index in [9.17, 15) is 24.2 Å². The number of hydrogen-bond donors (Lipinski definition) is 3. The highest BCUT2D eigenvalue weighted by molar-refractivity contribution is 5.88. The number of phenols is 1. The summed E-state index contributed by atoms with van der Waals surface area (Å²) in [5, 5.41) is 31.3. The maximum atomic E-state index is 13.8. The van der Waals surface area contributed by atoms with Crippen molar-refractivity contribution in [2.24, 2.45) is 10.2 Å². The maximum absolute atomic E-state index is 13.8. The first-order valence-corrected chi connectivity index (χ1v) is 11.2. The highest BCUT2D eigenvalue weighted by Crippen LogP contribution is 2.37. The van der Waals surface area contributed by atoms with Crippen molar-refractivity contribution in [1.82, 2.24) is 9.78 Å². The molecule has 178 valence electrons. The summed E-state index contributed by atoms with van der Waals surface area (Å²) >= 11 is 0. The van der Waals surface area contributed by atoms with Gasteiger partial charge in [-0.2, -0.15) is 5.11 Å². The van der Waals surface area contributed by atoms with Crippen LogP contribution in [-0.4, -0.2) is 31.5 Å². The van der Waals surface area contributed by atoms with E-state index in [1.807, 2.05) is 18.2 Å². The first-order valence-electron chi connectivity index (χ1n) is 11.2. The SMILES string of the molecule is Cc1[nH]n(-c2ccc3c(c2)CCC3)c(=O)c1N=NC1(C(=O)O)C=CC=C(c2cc(F)ccc2O)C1. The number of phenolic OH excluding ortho intramolecular Hbond substituents is 1. The molecule has 0 saturated heterocycles. The Labute approximate surface area is 199 Å². The molecule has 0 spiro atoms. The second-order valence-corrected chi connectivity index (χ2v) is 8.85. The Kier molecular flexibility index (Phi) is 5.47. The van der Waals surface area contributed by atoms with Crippen molar-refractivity contribution in [1.29, 1.82) is 0 Å². The predicted molar refractivity (Wildman–Crippen MR) is 128 cm³/mol. The number of carbonyl (C=O) groups is 1. The van der Waals surface area contributed by atoms with Gasteiger partial charge in [-0.15, -0.1) is 5.11 Å². The van der Waals surface area contributed by atoms with Crippen LogP contribution >= 0.6 is 0 Å². The van der Waals surface area contributed by atoms with Crippen molar-refractivity contribution in [2.45, 2.75) is 38.1 Å². The van der Waals surface area contributed by atoms with Gasteiger partial charge in [0.05, 0.1) is 11.4 Å². The standard InChI is InChI=1S/C26H23FN4O4/c1-15-23(24(33)31(29-15)20-9-7-16-4-2-5-17(16)12-20)28-30-26(25(34)35)11-3-6-18(14-26)21-13-19(27)8-10-22(21)32/h3,6-13,29,32H,2,4-5,14H2,1H3,(H,34,35). The van der Waals surface area contributed by atoms with Gasteiger partial charge in [0, 0.05) is 12.0 Å². The lowest BCUT2D eigenvalue weighted by molar-refractivity contribution is -0.141. The number of fused-ring (bicyclic) bond motifs is 1. The number of aryl methyl sites for hydroxylation is 3. The topological polar surface area (TPSA) is 120 Å². The molecule has 1 atom stereocenters. The van der Waals surface area contributed by atoms with Gasteiger partial charge in [0.2, 0.25) is 5.54 Å². The molecule has 9 heteroatoms. The van der Waals surface area contributed by atoms with Crippen LogP contribution in [-0.2, 0) is 17.6 Å². The van der Waals surface area contributed by atoms with Gasteiger partial charge in [-0.05, 0) is 79.3 Å². The molecule has 0 fully saturated rings. The predicted octanol–water partition coefficient (Wildman–Crippen LogP) is 4.76. The molecule has 1 unspecified atom stereocenters. The molecular weight excluding hydrogens is 451 g/mol. The molecule has 3 aromatic rings. The normalized spacial score (nSPS) is 19.2. The number of aromatic hydroxyl groups is 1. The van der Waals surface area contributed by atoms with E-state index in [1.165, 1.54) is 34.0 Å². The van der Waals surface area contributed by atoms with E-state index < -0.39 is 22.9 Å². The Morgan fingerprint density at radius 1 is 1.17 bits per heavy atom. The average Bonchev–Trinajstić information content (AvgIpc) is 3.42. The largest absolute Gasteiger partial charge is 0.507 e. The minimum Gasteiger partial charge on any atom is -0.507 e. The molecule has 0 radical (unpaired) electrons. The van der Waals surface area contributed by atoms with Gasteiger partial charge in [-0.3, -0.25) is 9.89 Å². The van der Waals surface area contributed by atoms with Crippen molar-refractivity contribution < 1.29 is 19.4 Å². The number of halogens is 1. The second kappa shape index (κ2) is 8.50. The Hall–Kier alpha value is -4.27. The van der Waals surface area contributed by atoms with Crippen LogP contribution < -0.4 is 5.56 Å². The molecule has 0 aliphatic heterocycles. The molecule has 2 aromatic carbocycles. The van der Waals surface area contributed by atoms with Crippen LogP contribution in [0, 0.1) is 12.7 Å². The van der Waals surface area contributed by atoms with E-state index in [0.717, 1.165) is 31.4 Å². The van der Waals surface area contributed by atoms with Crippen molar-refractivity contribution in [2.75, 3.05) is 0 Å². The molecule has 1 heterocycles. The fourth-order valence-corrected chi connectivity index (χ4v) is 4.61. The minimum absolute atomic E-state index is 0.00392. The van der Waals surface area contributed by atoms with Gasteiger partial charge in [0.1, 0.15) is 11.6 Å². The van der Waals surface area contributed by atoms with E-state index >= 15 is 0 Å². The summed E-state index contributed by atoms with van der Waals surface area (Å²) < 4.78 is 15.1. The lowest BCUT2D eigenvalue weighted by Crippen LogP contribution is -2.35. The Bertz CT molecular complexity index is 1500. The zero-order valence-corrected chi connectivity index (χ0v) is 19.0. The van der Waals surface area contributed by atoms with Crippen LogP contribution in [0.3, 0.4) is 0 Å². The third kappa shape index (κ3) is 3.99. The summed E-state index contributed by atoms with van der Waals surface area (Å²) in [6.07, 6.45) is 7.33. The number of carboxylic acid groups (broad SMARTS) is 1. The Morgan fingerprint density at radius 3 is 2.77 bits per heavy atom. The van der Waals surface area contributed by atoms with E-state index in [0.29, 0.717) is 17.0 Å². The molecule has 0 bridgehead atoms. The van der Waals surface area contributed by atoms with Gasteiger partial charge in [-0.25, -0.2) is 13.9 Å². The molecule has 5 rings (SSSR count). The van der Waals surface area contributed by atoms with Crippen molar-refractivity contribution in [3.63, 3.8) is 0 Å². The van der Waals surface area contributed by atoms with E-state index in [2.05, 4.69) is 15.3 Å². The van der Waals surface area contributed by atoms with Crippen LogP contribution in [0.25, 0.3) is 11.3 Å². The molecule has 0 amide bonds. The summed E-state index contributed by atoms with van der Waals surface area (Å²) in [5.74, 6) is -2.03. The molecule has 1 aromatic heterocycles. The van der Waals surface area contributed by atoms with Crippen LogP contribution in [0.1, 0.15) is 35.2 Å². The smallest absolute Gasteiger partial charge is 0.337 e. The number of nitrogens with zero attached hydrogens (tertiary/aromatic N) is 3. The number of aromatic nitrogens is 2. The number of rotatable bonds is 5. The highest BCUT2D eigenvalue weighted by atomic mass is 19.1. The minimum atomic E-state index is -1.82. The number of azo groups is 1. The Morgan fingerprint density at radius 2 is 1.97 bits per heavy atom. The number of allylic oxidation sites excluding steroid dienone is 2. The van der Waals surface area contributed by atoms with Gasteiger partial charge >= 0.3 is 5.97 Å². The summed E-state index contributed by atoms with van der Waals surface area (Å²) in [5.41, 5.74) is 1.91. The Balaban J connectivity index is 1.49. The quantitative estimate of drug-likeness (QED) is 0.462. The van der Waals surface area contributed by atoms with Crippen LogP contribution in [0.5, 0.6) is 5.75 Å². The number of carboxylic acids is 1. The molecular formula is C26H23FN4O4. The third-order valence-electron chi connectivity index (χ3n) is 6.51. The van der Waals surface area contributed by atoms with Gasteiger partial charge in [-0.1, -0.05) is 18.2 Å². The van der Waals surface area contributed by atoms with Crippen molar-refractivity contribution in [3.8, 4) is 11.4 Å². The molecule has 35 heavy (non-hydrogen) atoms. The van der Waals surface area contributed by atoms with E-state index in [1.54, 1.807) is 13.0 Å². The molecule has 3 N–H and O–H groups in total. The third-order valence-corrected chi connectivity index (χ3v) is 6.51. The summed E-state index contributed by atoms with van der Waals surface area (Å²) in [6.45, 7) is 1.67. The molecule has 2 aliphatic rings. The number of hydrogen-bond acceptors (Lipinski definition) is 5. The van der Waals surface area contributed by atoms with E-state index in [-0.39, 0.29) is 23.4 Å². The lowest BCUT2D eigenvalue weighted by Gasteiger charge is -2.25. The average molecular weight is 474 g/mol. The monoisotopic (exact) mass is 474 g/mol. The lowest BCUT2D eigenvalue weighted by atomic mass is 9.84. The molecule has 0 saturated carbocycles. The van der Waals surface area contributed by atoms with Gasteiger partial charge < -0.3 is 10.2 Å². The van der Waals surface area contributed by atoms with Crippen LogP contribution in [0.2, 0.25) is 0 Å². The van der Waals surface area contributed by atoms with Gasteiger partial charge in [0.15, 0.2) is 5.69 Å². The van der Waals surface area contributed by atoms with Crippen LogP contribution in [0.15, 0.2) is 69.6 Å². The van der Waals surface area contributed by atoms with Crippen LogP contribution in [0.4, 0.5) is 10.1 Å². The highest BCUT2D eigenvalue weighted by Gasteiger charge is 2.39.